The van der Waals surface area contributed by atoms with E-state index in [-0.39, 0.29) is 11.3 Å². The highest BCUT2D eigenvalue weighted by Gasteiger charge is 2.52. The van der Waals surface area contributed by atoms with Crippen molar-refractivity contribution in [2.24, 2.45) is 0 Å². The number of hydrogen-bond donors (Lipinski definition) is 0. The average Bonchev–Trinajstić information content (AvgIpc) is 3.32. The molecular weight excluding hydrogens is 266 g/mol. The van der Waals surface area contributed by atoms with E-state index in [4.69, 9.17) is 9.47 Å². The van der Waals surface area contributed by atoms with Gasteiger partial charge in [-0.05, 0) is 37.0 Å². The third kappa shape index (κ3) is 2.99. The Kier molecular flexibility index (Phi) is 4.76. The Labute approximate surface area is 127 Å². The largest absolute Gasteiger partial charge is 0.493 e. The van der Waals surface area contributed by atoms with Gasteiger partial charge in [0.25, 0.3) is 0 Å². The molecule has 1 amide bonds. The van der Waals surface area contributed by atoms with E-state index < -0.39 is 0 Å². The number of nitrogens with zero attached hydrogens (tertiary/aromatic N) is 1. The highest BCUT2D eigenvalue weighted by atomic mass is 16.5. The van der Waals surface area contributed by atoms with Crippen LogP contribution in [0, 0.1) is 0 Å². The van der Waals surface area contributed by atoms with E-state index in [0.29, 0.717) is 11.5 Å². The molecule has 4 nitrogen and oxygen atoms in total. The second-order valence-corrected chi connectivity index (χ2v) is 5.73. The van der Waals surface area contributed by atoms with Crippen LogP contribution in [0.4, 0.5) is 0 Å². The van der Waals surface area contributed by atoms with Gasteiger partial charge in [0, 0.05) is 13.6 Å². The zero-order valence-electron chi connectivity index (χ0n) is 13.4. The van der Waals surface area contributed by atoms with Crippen LogP contribution in [0.25, 0.3) is 0 Å². The van der Waals surface area contributed by atoms with Gasteiger partial charge in [-0.1, -0.05) is 19.4 Å². The van der Waals surface area contributed by atoms with E-state index in [2.05, 4.69) is 6.92 Å². The molecule has 0 heterocycles. The Morgan fingerprint density at radius 2 is 1.90 bits per heavy atom. The molecule has 1 saturated carbocycles. The summed E-state index contributed by atoms with van der Waals surface area (Å²) in [6.07, 6.45) is 3.97. The summed E-state index contributed by atoms with van der Waals surface area (Å²) in [5.74, 6) is 1.61. The van der Waals surface area contributed by atoms with Crippen molar-refractivity contribution in [2.75, 3.05) is 27.8 Å². The van der Waals surface area contributed by atoms with Crippen LogP contribution in [0.3, 0.4) is 0 Å². The molecule has 1 aromatic rings. The van der Waals surface area contributed by atoms with Gasteiger partial charge in [-0.2, -0.15) is 0 Å². The maximum atomic E-state index is 12.7. The summed E-state index contributed by atoms with van der Waals surface area (Å²) < 4.78 is 10.6. The maximum Gasteiger partial charge on any atom is 0.232 e. The Hall–Kier alpha value is -1.71. The molecule has 1 aromatic carbocycles. The van der Waals surface area contributed by atoms with Crippen molar-refractivity contribution < 1.29 is 14.3 Å². The first-order chi connectivity index (χ1) is 10.1. The molecule has 1 fully saturated rings. The number of ether oxygens (including phenoxy) is 2. The average molecular weight is 291 g/mol. The first kappa shape index (κ1) is 15.7. The van der Waals surface area contributed by atoms with Crippen molar-refractivity contribution in [1.82, 2.24) is 4.90 Å². The quantitative estimate of drug-likeness (QED) is 0.775. The van der Waals surface area contributed by atoms with Crippen LogP contribution in [0.2, 0.25) is 0 Å². The Balaban J connectivity index is 2.22. The number of likely N-dealkylation sites (N-methyl/N-ethyl adjacent to an activating group) is 1. The Morgan fingerprint density at radius 1 is 1.24 bits per heavy atom. The van der Waals surface area contributed by atoms with E-state index in [1.807, 2.05) is 30.1 Å². The van der Waals surface area contributed by atoms with Crippen LogP contribution >= 0.6 is 0 Å². The molecule has 1 aliphatic carbocycles. The normalized spacial score (nSPS) is 15.4. The number of hydrogen-bond acceptors (Lipinski definition) is 3. The molecule has 1 aliphatic rings. The summed E-state index contributed by atoms with van der Waals surface area (Å²) in [6.45, 7) is 2.96. The van der Waals surface area contributed by atoms with Crippen molar-refractivity contribution in [1.29, 1.82) is 0 Å². The topological polar surface area (TPSA) is 38.8 Å². The molecule has 4 heteroatoms. The van der Waals surface area contributed by atoms with E-state index in [1.54, 1.807) is 14.2 Å². The van der Waals surface area contributed by atoms with Gasteiger partial charge in [0.1, 0.15) is 0 Å². The van der Waals surface area contributed by atoms with Gasteiger partial charge in [0.15, 0.2) is 11.5 Å². The standard InChI is InChI=1S/C17H25NO3/c1-5-6-11-18(2)16(19)17(9-10-17)13-7-8-14(20-3)15(12-13)21-4/h7-8,12H,5-6,9-11H2,1-4H3. The number of carbonyl (C=O) groups is 1. The monoisotopic (exact) mass is 291 g/mol. The molecule has 0 atom stereocenters. The van der Waals surface area contributed by atoms with Crippen molar-refractivity contribution in [3.63, 3.8) is 0 Å². The second-order valence-electron chi connectivity index (χ2n) is 5.73. The minimum absolute atomic E-state index is 0.225. The molecule has 0 saturated heterocycles. The van der Waals surface area contributed by atoms with Gasteiger partial charge >= 0.3 is 0 Å². The van der Waals surface area contributed by atoms with Crippen LogP contribution < -0.4 is 9.47 Å². The summed E-state index contributed by atoms with van der Waals surface area (Å²) in [7, 11) is 5.14. The van der Waals surface area contributed by atoms with Gasteiger partial charge in [0.05, 0.1) is 19.6 Å². The smallest absolute Gasteiger partial charge is 0.232 e. The van der Waals surface area contributed by atoms with Crippen molar-refractivity contribution >= 4 is 5.91 Å². The first-order valence-corrected chi connectivity index (χ1v) is 7.57. The second kappa shape index (κ2) is 6.37. The van der Waals surface area contributed by atoms with Crippen molar-refractivity contribution in [3.05, 3.63) is 23.8 Å². The minimum atomic E-state index is -0.345. The van der Waals surface area contributed by atoms with Crippen molar-refractivity contribution in [3.8, 4) is 11.5 Å². The van der Waals surface area contributed by atoms with Gasteiger partial charge < -0.3 is 14.4 Å². The van der Waals surface area contributed by atoms with E-state index in [9.17, 15) is 4.79 Å². The van der Waals surface area contributed by atoms with E-state index >= 15 is 0 Å². The molecule has 0 aromatic heterocycles. The van der Waals surface area contributed by atoms with Crippen LogP contribution in [0.5, 0.6) is 11.5 Å². The minimum Gasteiger partial charge on any atom is -0.493 e. The van der Waals surface area contributed by atoms with E-state index in [1.165, 1.54) is 0 Å². The highest BCUT2D eigenvalue weighted by molar-refractivity contribution is 5.91. The van der Waals surface area contributed by atoms with Crippen molar-refractivity contribution in [2.45, 2.75) is 38.0 Å². The first-order valence-electron chi connectivity index (χ1n) is 7.57. The lowest BCUT2D eigenvalue weighted by molar-refractivity contribution is -0.132. The predicted molar refractivity (Wildman–Crippen MR) is 83.0 cm³/mol. The maximum absolute atomic E-state index is 12.7. The summed E-state index contributed by atoms with van der Waals surface area (Å²) >= 11 is 0. The molecule has 116 valence electrons. The summed E-state index contributed by atoms with van der Waals surface area (Å²) in [4.78, 5) is 14.6. The number of unbranched alkanes of at least 4 members (excludes halogenated alkanes) is 1. The Morgan fingerprint density at radius 3 is 2.43 bits per heavy atom. The fourth-order valence-electron chi connectivity index (χ4n) is 2.75. The van der Waals surface area contributed by atoms with Crippen LogP contribution in [-0.4, -0.2) is 38.6 Å². The van der Waals surface area contributed by atoms with E-state index in [0.717, 1.165) is 37.8 Å². The summed E-state index contributed by atoms with van der Waals surface area (Å²) in [6, 6.07) is 5.81. The SMILES string of the molecule is CCCCN(C)C(=O)C1(c2ccc(OC)c(OC)c2)CC1. The fraction of sp³-hybridized carbons (Fsp3) is 0.588. The zero-order valence-corrected chi connectivity index (χ0v) is 13.4. The molecule has 0 spiro atoms. The molecule has 2 rings (SSSR count). The van der Waals surface area contributed by atoms with Gasteiger partial charge in [-0.15, -0.1) is 0 Å². The van der Waals surface area contributed by atoms with Gasteiger partial charge in [-0.3, -0.25) is 4.79 Å². The fourth-order valence-corrected chi connectivity index (χ4v) is 2.75. The molecule has 0 N–H and O–H groups in total. The molecule has 0 bridgehead atoms. The number of methoxy groups -OCH3 is 2. The summed E-state index contributed by atoms with van der Waals surface area (Å²) in [5.41, 5.74) is 0.690. The molecule has 0 unspecified atom stereocenters. The van der Waals surface area contributed by atoms with Crippen LogP contribution in [-0.2, 0) is 10.2 Å². The summed E-state index contributed by atoms with van der Waals surface area (Å²) in [5, 5.41) is 0. The molecule has 0 aliphatic heterocycles. The third-order valence-electron chi connectivity index (χ3n) is 4.29. The molecular formula is C17H25NO3. The van der Waals surface area contributed by atoms with Gasteiger partial charge in [-0.25, -0.2) is 0 Å². The number of carbonyl (C=O) groups excluding carboxylic acids is 1. The highest BCUT2D eigenvalue weighted by Crippen LogP contribution is 2.51. The number of rotatable bonds is 7. The van der Waals surface area contributed by atoms with Crippen LogP contribution in [0.1, 0.15) is 38.2 Å². The lowest BCUT2D eigenvalue weighted by Gasteiger charge is -2.24. The molecule has 21 heavy (non-hydrogen) atoms. The van der Waals surface area contributed by atoms with Crippen LogP contribution in [0.15, 0.2) is 18.2 Å². The predicted octanol–water partition coefficient (Wildman–Crippen LogP) is 2.99. The number of amides is 1. The zero-order chi connectivity index (χ0) is 15.5. The Bertz CT molecular complexity index is 509. The van der Waals surface area contributed by atoms with Gasteiger partial charge in [0.2, 0.25) is 5.91 Å². The lowest BCUT2D eigenvalue weighted by Crippen LogP contribution is -2.37. The number of benzene rings is 1. The lowest BCUT2D eigenvalue weighted by atomic mass is 9.94. The molecule has 0 radical (unpaired) electrons. The third-order valence-corrected chi connectivity index (χ3v) is 4.29.